The fraction of sp³-hybridized carbons (Fsp3) is 0.769. The molecule has 0 fully saturated rings. The smallest absolute Gasteiger partial charge is 0.269 e. The Morgan fingerprint density at radius 2 is 1.78 bits per heavy atom. The summed E-state index contributed by atoms with van der Waals surface area (Å²) in [5, 5.41) is 10.1. The normalized spacial score (nSPS) is 13.1. The number of amides is 1. The van der Waals surface area contributed by atoms with Gasteiger partial charge in [-0.1, -0.05) is 52.9 Å². The maximum atomic E-state index is 12.1. The Labute approximate surface area is 146 Å². The summed E-state index contributed by atoms with van der Waals surface area (Å²) in [6.45, 7) is 11.8. The number of hydrogen-bond acceptors (Lipinski definition) is 7. The maximum absolute atomic E-state index is 12.1. The van der Waals surface area contributed by atoms with E-state index in [9.17, 15) is 13.2 Å². The average molecular weight is 381 g/mol. The van der Waals surface area contributed by atoms with Gasteiger partial charge < -0.3 is 5.32 Å². The second kappa shape index (κ2) is 7.45. The molecule has 1 heterocycles. The Bertz CT molecular complexity index is 642. The van der Waals surface area contributed by atoms with Crippen molar-refractivity contribution < 1.29 is 13.2 Å². The molecule has 0 aliphatic carbocycles. The van der Waals surface area contributed by atoms with E-state index in [0.29, 0.717) is 12.3 Å². The van der Waals surface area contributed by atoms with Gasteiger partial charge in [0.1, 0.15) is 0 Å². The van der Waals surface area contributed by atoms with E-state index in [1.807, 2.05) is 0 Å². The summed E-state index contributed by atoms with van der Waals surface area (Å²) in [6, 6.07) is 0. The van der Waals surface area contributed by atoms with Gasteiger partial charge in [-0.2, -0.15) is 11.8 Å². The van der Waals surface area contributed by atoms with Gasteiger partial charge in [-0.05, 0) is 0 Å². The minimum absolute atomic E-state index is 0.0819. The molecule has 0 bridgehead atoms. The molecule has 0 unspecified atom stereocenters. The van der Waals surface area contributed by atoms with E-state index in [4.69, 9.17) is 0 Å². The molecule has 132 valence electrons. The minimum atomic E-state index is -3.70. The first-order chi connectivity index (χ1) is 10.3. The first-order valence-electron chi connectivity index (χ1n) is 7.10. The highest BCUT2D eigenvalue weighted by atomic mass is 32.2. The number of nitrogens with zero attached hydrogens (tertiary/aromatic N) is 2. The lowest BCUT2D eigenvalue weighted by atomic mass is 9.96. The zero-order valence-electron chi connectivity index (χ0n) is 14.3. The molecule has 0 saturated carbocycles. The van der Waals surface area contributed by atoms with Crippen LogP contribution in [0, 0.1) is 5.41 Å². The van der Waals surface area contributed by atoms with Crippen LogP contribution < -0.4 is 10.0 Å². The van der Waals surface area contributed by atoms with Crippen LogP contribution in [0.25, 0.3) is 0 Å². The number of thioether (sulfide) groups is 1. The van der Waals surface area contributed by atoms with E-state index in [-0.39, 0.29) is 20.1 Å². The highest BCUT2D eigenvalue weighted by Crippen LogP contribution is 2.24. The average Bonchev–Trinajstić information content (AvgIpc) is 2.82. The van der Waals surface area contributed by atoms with E-state index in [2.05, 4.69) is 41.0 Å². The largest absolute Gasteiger partial charge is 0.300 e. The minimum Gasteiger partial charge on any atom is -0.300 e. The van der Waals surface area contributed by atoms with Crippen molar-refractivity contribution in [2.24, 2.45) is 5.41 Å². The van der Waals surface area contributed by atoms with Gasteiger partial charge >= 0.3 is 0 Å². The van der Waals surface area contributed by atoms with Crippen molar-refractivity contribution in [3.8, 4) is 0 Å². The standard InChI is InChI=1S/C13H24N4O3S3/c1-12(2,3)9(18)15-10-16-17-11(22-10)23(19,20)14-7-8-21-13(4,5)6/h14H,7-8H2,1-6H3,(H,15,16,18). The molecule has 1 aromatic heterocycles. The molecule has 1 aromatic rings. The molecular weight excluding hydrogens is 356 g/mol. The van der Waals surface area contributed by atoms with Crippen LogP contribution in [0.15, 0.2) is 4.34 Å². The summed E-state index contributed by atoms with van der Waals surface area (Å²) in [7, 11) is -3.70. The molecule has 0 spiro atoms. The van der Waals surface area contributed by atoms with E-state index in [0.717, 1.165) is 11.3 Å². The zero-order chi connectivity index (χ0) is 17.9. The van der Waals surface area contributed by atoms with E-state index >= 15 is 0 Å². The Balaban J connectivity index is 2.63. The number of sulfonamides is 1. The van der Waals surface area contributed by atoms with Crippen LogP contribution >= 0.6 is 23.1 Å². The van der Waals surface area contributed by atoms with Crippen molar-refractivity contribution in [3.05, 3.63) is 0 Å². The highest BCUT2D eigenvalue weighted by molar-refractivity contribution is 8.00. The Hall–Kier alpha value is -0.710. The Morgan fingerprint density at radius 3 is 2.30 bits per heavy atom. The van der Waals surface area contributed by atoms with Crippen LogP contribution in [0.4, 0.5) is 5.13 Å². The monoisotopic (exact) mass is 380 g/mol. The van der Waals surface area contributed by atoms with Crippen LogP contribution in [0.1, 0.15) is 41.5 Å². The predicted octanol–water partition coefficient (Wildman–Crippen LogP) is 2.33. The van der Waals surface area contributed by atoms with Crippen molar-refractivity contribution in [1.82, 2.24) is 14.9 Å². The molecule has 0 aliphatic heterocycles. The van der Waals surface area contributed by atoms with Crippen LogP contribution in [-0.2, 0) is 14.8 Å². The molecular formula is C13H24N4O3S3. The van der Waals surface area contributed by atoms with Crippen molar-refractivity contribution in [2.75, 3.05) is 17.6 Å². The van der Waals surface area contributed by atoms with Gasteiger partial charge in [-0.3, -0.25) is 4.79 Å². The lowest BCUT2D eigenvalue weighted by molar-refractivity contribution is -0.123. The van der Waals surface area contributed by atoms with Crippen LogP contribution in [0.3, 0.4) is 0 Å². The number of carbonyl (C=O) groups is 1. The third-order valence-corrected chi connectivity index (χ3v) is 6.41. The van der Waals surface area contributed by atoms with Crippen LogP contribution in [-0.4, -0.2) is 41.6 Å². The molecule has 10 heteroatoms. The predicted molar refractivity (Wildman–Crippen MR) is 95.4 cm³/mol. The summed E-state index contributed by atoms with van der Waals surface area (Å²) < 4.78 is 26.7. The fourth-order valence-corrected chi connectivity index (χ4v) is 4.16. The van der Waals surface area contributed by atoms with Gasteiger partial charge in [0.05, 0.1) is 0 Å². The molecule has 0 aliphatic rings. The summed E-state index contributed by atoms with van der Waals surface area (Å²) >= 11 is 2.51. The van der Waals surface area contributed by atoms with Gasteiger partial charge in [0.2, 0.25) is 15.4 Å². The van der Waals surface area contributed by atoms with Gasteiger partial charge in [0.25, 0.3) is 10.0 Å². The topological polar surface area (TPSA) is 101 Å². The third-order valence-electron chi connectivity index (χ3n) is 2.47. The van der Waals surface area contributed by atoms with Crippen LogP contribution in [0.2, 0.25) is 0 Å². The third kappa shape index (κ3) is 7.15. The maximum Gasteiger partial charge on any atom is 0.269 e. The summed E-state index contributed by atoms with van der Waals surface area (Å²) in [5.41, 5.74) is -0.590. The summed E-state index contributed by atoms with van der Waals surface area (Å²) in [6.07, 6.45) is 0. The number of aromatic nitrogens is 2. The lowest BCUT2D eigenvalue weighted by Gasteiger charge is -2.17. The zero-order valence-corrected chi connectivity index (χ0v) is 16.7. The second-order valence-corrected chi connectivity index (χ2v) is 11.8. The molecule has 0 aromatic carbocycles. The second-order valence-electron chi connectivity index (χ2n) is 6.94. The van der Waals surface area contributed by atoms with Crippen molar-refractivity contribution in [1.29, 1.82) is 0 Å². The van der Waals surface area contributed by atoms with Crippen molar-refractivity contribution in [3.63, 3.8) is 0 Å². The first kappa shape index (κ1) is 20.3. The number of nitrogens with one attached hydrogen (secondary N) is 2. The lowest BCUT2D eigenvalue weighted by Crippen LogP contribution is -2.27. The van der Waals surface area contributed by atoms with Crippen LogP contribution in [0.5, 0.6) is 0 Å². The van der Waals surface area contributed by atoms with E-state index < -0.39 is 15.4 Å². The van der Waals surface area contributed by atoms with Gasteiger partial charge in [-0.15, -0.1) is 10.2 Å². The van der Waals surface area contributed by atoms with Gasteiger partial charge in [0, 0.05) is 22.5 Å². The molecule has 0 saturated heterocycles. The molecule has 2 N–H and O–H groups in total. The van der Waals surface area contributed by atoms with Crippen molar-refractivity contribution >= 4 is 44.2 Å². The summed E-state index contributed by atoms with van der Waals surface area (Å²) in [4.78, 5) is 11.9. The Morgan fingerprint density at radius 1 is 1.17 bits per heavy atom. The molecule has 1 amide bonds. The number of hydrogen-bond donors (Lipinski definition) is 2. The molecule has 0 atom stereocenters. The molecule has 23 heavy (non-hydrogen) atoms. The Kier molecular flexibility index (Phi) is 6.59. The number of carbonyl (C=O) groups excluding carboxylic acids is 1. The van der Waals surface area contributed by atoms with Gasteiger partial charge in [0.15, 0.2) is 0 Å². The fourth-order valence-electron chi connectivity index (χ4n) is 1.25. The number of anilines is 1. The van der Waals surface area contributed by atoms with Gasteiger partial charge in [-0.25, -0.2) is 13.1 Å². The quantitative estimate of drug-likeness (QED) is 0.580. The molecule has 7 nitrogen and oxygen atoms in total. The number of rotatable bonds is 6. The first-order valence-corrected chi connectivity index (χ1v) is 10.4. The SMILES string of the molecule is CC(C)(C)SCCNS(=O)(=O)c1nnc(NC(=O)C(C)(C)C)s1. The molecule has 1 rings (SSSR count). The van der Waals surface area contributed by atoms with E-state index in [1.165, 1.54) is 0 Å². The summed E-state index contributed by atoms with van der Waals surface area (Å²) in [5.74, 6) is 0.418. The van der Waals surface area contributed by atoms with Crippen molar-refractivity contribution in [2.45, 2.75) is 50.6 Å². The van der Waals surface area contributed by atoms with E-state index in [1.54, 1.807) is 32.5 Å². The molecule has 0 radical (unpaired) electrons. The highest BCUT2D eigenvalue weighted by Gasteiger charge is 2.25.